The molecule has 1 aliphatic heterocycles. The van der Waals surface area contributed by atoms with Crippen LogP contribution in [-0.2, 0) is 6.54 Å². The number of anilines is 2. The van der Waals surface area contributed by atoms with E-state index >= 15 is 0 Å². The van der Waals surface area contributed by atoms with E-state index in [2.05, 4.69) is 27.8 Å². The third-order valence-electron chi connectivity index (χ3n) is 6.53. The molecule has 2 aromatic carbocycles. The van der Waals surface area contributed by atoms with Crippen LogP contribution in [0, 0.1) is 11.8 Å². The van der Waals surface area contributed by atoms with E-state index in [-0.39, 0.29) is 35.8 Å². The number of likely N-dealkylation sites (tertiary alicyclic amines) is 1. The Morgan fingerprint density at radius 1 is 1.23 bits per heavy atom. The number of amides is 1. The summed E-state index contributed by atoms with van der Waals surface area (Å²) < 4.78 is 83.7. The fourth-order valence-corrected chi connectivity index (χ4v) is 4.60. The molecule has 0 saturated carbocycles. The standard InChI is InChI=1S/C28H31F4N5O2/c1-33-27(38)18-9-10-24(26(14-18)39-3)34-12-5-6-19-15-20-22(35-23-11-13-36(2)16-21(23)29)7-4-8-25(20)37(19)17-28(30,31)32/h4,7-10,14-15,21,23,34-35H,11-13,16-17H2,1-3H3,(H,33,38)/t21-,23+/m1/s1/i3D3. The summed E-state index contributed by atoms with van der Waals surface area (Å²) in [4.78, 5) is 13.9. The quantitative estimate of drug-likeness (QED) is 0.300. The lowest BCUT2D eigenvalue weighted by Gasteiger charge is -2.33. The minimum absolute atomic E-state index is 0.0749. The van der Waals surface area contributed by atoms with E-state index in [9.17, 15) is 22.4 Å². The van der Waals surface area contributed by atoms with Gasteiger partial charge in [0.1, 0.15) is 18.5 Å². The third-order valence-corrected chi connectivity index (χ3v) is 6.53. The number of piperidine rings is 1. The maximum atomic E-state index is 14.7. The molecule has 0 bridgehead atoms. The molecule has 1 aliphatic rings. The Bertz CT molecular complexity index is 1500. The maximum Gasteiger partial charge on any atom is 0.406 e. The van der Waals surface area contributed by atoms with Gasteiger partial charge in [-0.2, -0.15) is 13.2 Å². The summed E-state index contributed by atoms with van der Waals surface area (Å²) in [5.74, 6) is 5.00. The first kappa shape index (κ1) is 24.2. The zero-order valence-electron chi connectivity index (χ0n) is 24.5. The second-order valence-electron chi connectivity index (χ2n) is 9.33. The highest BCUT2D eigenvalue weighted by molar-refractivity contribution is 5.95. The molecule has 1 amide bonds. The van der Waals surface area contributed by atoms with Gasteiger partial charge < -0.3 is 30.2 Å². The van der Waals surface area contributed by atoms with Gasteiger partial charge in [0.2, 0.25) is 0 Å². The molecule has 1 fully saturated rings. The lowest BCUT2D eigenvalue weighted by Crippen LogP contribution is -2.46. The van der Waals surface area contributed by atoms with Crippen LogP contribution in [0.5, 0.6) is 5.75 Å². The zero-order chi connectivity index (χ0) is 30.7. The molecule has 0 spiro atoms. The van der Waals surface area contributed by atoms with E-state index in [0.29, 0.717) is 29.6 Å². The van der Waals surface area contributed by atoms with Crippen molar-refractivity contribution in [3.8, 4) is 17.6 Å². The Hall–Kier alpha value is -3.91. The number of rotatable bonds is 7. The van der Waals surface area contributed by atoms with Crippen molar-refractivity contribution < 1.29 is 31.2 Å². The number of aromatic nitrogens is 1. The van der Waals surface area contributed by atoms with E-state index in [1.54, 1.807) is 24.3 Å². The Balaban J connectivity index is 1.61. The second-order valence-corrected chi connectivity index (χ2v) is 9.33. The topological polar surface area (TPSA) is 70.6 Å². The first-order chi connectivity index (χ1) is 19.7. The number of alkyl halides is 4. The Labute approximate surface area is 228 Å². The molecule has 2 atom stereocenters. The molecule has 0 radical (unpaired) electrons. The number of methoxy groups -OCH3 is 1. The molecule has 4 rings (SSSR count). The van der Waals surface area contributed by atoms with Gasteiger partial charge in [0.05, 0.1) is 40.6 Å². The summed E-state index contributed by atoms with van der Waals surface area (Å²) in [5.41, 5.74) is 1.33. The maximum absolute atomic E-state index is 14.7. The molecule has 0 unspecified atom stereocenters. The number of fused-ring (bicyclic) bond motifs is 1. The van der Waals surface area contributed by atoms with Crippen molar-refractivity contribution in [2.45, 2.75) is 31.4 Å². The van der Waals surface area contributed by atoms with Gasteiger partial charge in [-0.15, -0.1) is 0 Å². The molecule has 1 aromatic heterocycles. The Kier molecular flexibility index (Phi) is 7.35. The van der Waals surface area contributed by atoms with Crippen LogP contribution < -0.4 is 20.7 Å². The third kappa shape index (κ3) is 6.75. The van der Waals surface area contributed by atoms with Gasteiger partial charge in [0, 0.05) is 36.8 Å². The Morgan fingerprint density at radius 3 is 2.77 bits per heavy atom. The summed E-state index contributed by atoms with van der Waals surface area (Å²) >= 11 is 0. The predicted octanol–water partition coefficient (Wildman–Crippen LogP) is 4.49. The molecule has 2 heterocycles. The van der Waals surface area contributed by atoms with Crippen LogP contribution in [0.1, 0.15) is 26.6 Å². The van der Waals surface area contributed by atoms with Crippen molar-refractivity contribution in [3.05, 3.63) is 53.7 Å². The van der Waals surface area contributed by atoms with E-state index in [4.69, 9.17) is 8.85 Å². The van der Waals surface area contributed by atoms with Crippen molar-refractivity contribution in [2.75, 3.05) is 51.4 Å². The molecule has 39 heavy (non-hydrogen) atoms. The van der Waals surface area contributed by atoms with Crippen LogP contribution in [-0.4, -0.2) is 74.5 Å². The molecule has 0 aliphatic carbocycles. The van der Waals surface area contributed by atoms with Crippen LogP contribution in [0.25, 0.3) is 10.9 Å². The largest absolute Gasteiger partial charge is 0.495 e. The molecule has 3 aromatic rings. The summed E-state index contributed by atoms with van der Waals surface area (Å²) in [6.07, 6.45) is -5.10. The van der Waals surface area contributed by atoms with Crippen molar-refractivity contribution in [3.63, 3.8) is 0 Å². The first-order valence-electron chi connectivity index (χ1n) is 13.8. The normalized spacial score (nSPS) is 19.3. The van der Waals surface area contributed by atoms with Gasteiger partial charge in [-0.05, 0) is 55.8 Å². The van der Waals surface area contributed by atoms with Gasteiger partial charge >= 0.3 is 6.18 Å². The smallest absolute Gasteiger partial charge is 0.406 e. The highest BCUT2D eigenvalue weighted by Crippen LogP contribution is 2.32. The summed E-state index contributed by atoms with van der Waals surface area (Å²) in [7, 11) is 0.475. The number of benzene rings is 2. The summed E-state index contributed by atoms with van der Waals surface area (Å²) in [5, 5.41) is 9.01. The minimum atomic E-state index is -4.52. The van der Waals surface area contributed by atoms with Crippen LogP contribution in [0.2, 0.25) is 0 Å². The zero-order valence-corrected chi connectivity index (χ0v) is 21.5. The van der Waals surface area contributed by atoms with Crippen LogP contribution in [0.15, 0.2) is 42.5 Å². The number of nitrogens with zero attached hydrogens (tertiary/aromatic N) is 2. The highest BCUT2D eigenvalue weighted by atomic mass is 19.4. The molecular weight excluding hydrogens is 514 g/mol. The van der Waals surface area contributed by atoms with Crippen LogP contribution in [0.3, 0.4) is 0 Å². The van der Waals surface area contributed by atoms with E-state index in [1.165, 1.54) is 25.2 Å². The van der Waals surface area contributed by atoms with Gasteiger partial charge in [-0.3, -0.25) is 4.79 Å². The van der Waals surface area contributed by atoms with Crippen molar-refractivity contribution >= 4 is 28.2 Å². The number of nitrogens with one attached hydrogen (secondary N) is 3. The fourth-order valence-electron chi connectivity index (χ4n) is 4.60. The van der Waals surface area contributed by atoms with Crippen LogP contribution in [0.4, 0.5) is 28.9 Å². The Morgan fingerprint density at radius 2 is 2.05 bits per heavy atom. The average molecular weight is 549 g/mol. The lowest BCUT2D eigenvalue weighted by molar-refractivity contribution is -0.140. The fraction of sp³-hybridized carbons (Fsp3) is 0.393. The number of carbonyl (C=O) groups is 1. The molecular formula is C28H31F4N5O2. The van der Waals surface area contributed by atoms with E-state index in [1.807, 2.05) is 11.9 Å². The number of ether oxygens (including phenoxy) is 1. The molecule has 3 N–H and O–H groups in total. The van der Waals surface area contributed by atoms with Crippen LogP contribution >= 0.6 is 0 Å². The number of hydrogen-bond acceptors (Lipinski definition) is 5. The van der Waals surface area contributed by atoms with Gasteiger partial charge in [-0.1, -0.05) is 12.0 Å². The molecule has 208 valence electrons. The SMILES string of the molecule is [2H]C([2H])([2H])Oc1cc(C(=O)NC)ccc1NCC#Cc1cc2c(N[C@H]3CCN(C)C[C@H]3F)cccc2n1CC(F)(F)F. The molecule has 7 nitrogen and oxygen atoms in total. The monoisotopic (exact) mass is 548 g/mol. The molecule has 1 saturated heterocycles. The molecule has 11 heteroatoms. The summed E-state index contributed by atoms with van der Waals surface area (Å²) in [6, 6.07) is 10.1. The van der Waals surface area contributed by atoms with Gasteiger partial charge in [-0.25, -0.2) is 4.39 Å². The minimum Gasteiger partial charge on any atom is -0.495 e. The van der Waals surface area contributed by atoms with Gasteiger partial charge in [0.15, 0.2) is 0 Å². The average Bonchev–Trinajstić information content (AvgIpc) is 3.24. The first-order valence-corrected chi connectivity index (χ1v) is 12.3. The number of halogens is 4. The highest BCUT2D eigenvalue weighted by Gasteiger charge is 2.31. The van der Waals surface area contributed by atoms with Crippen molar-refractivity contribution in [2.24, 2.45) is 0 Å². The van der Waals surface area contributed by atoms with Crippen molar-refractivity contribution in [1.82, 2.24) is 14.8 Å². The predicted molar refractivity (Wildman–Crippen MR) is 144 cm³/mol. The van der Waals surface area contributed by atoms with Gasteiger partial charge in [0.25, 0.3) is 5.91 Å². The summed E-state index contributed by atoms with van der Waals surface area (Å²) in [6.45, 7) is -0.385. The van der Waals surface area contributed by atoms with E-state index < -0.39 is 37.9 Å². The van der Waals surface area contributed by atoms with E-state index in [0.717, 1.165) is 4.57 Å². The van der Waals surface area contributed by atoms with Crippen molar-refractivity contribution in [1.29, 1.82) is 0 Å². The number of carbonyl (C=O) groups excluding carboxylic acids is 1. The lowest BCUT2D eigenvalue weighted by atomic mass is 10.0. The number of hydrogen-bond donors (Lipinski definition) is 3. The second kappa shape index (κ2) is 11.9.